The van der Waals surface area contributed by atoms with E-state index in [1.807, 2.05) is 6.92 Å². The van der Waals surface area contributed by atoms with Crippen LogP contribution in [0.15, 0.2) is 30.3 Å². The summed E-state index contributed by atoms with van der Waals surface area (Å²) in [5, 5.41) is 12.8. The molecule has 4 heteroatoms. The molecule has 0 saturated heterocycles. The number of hydrogen-bond acceptors (Lipinski definition) is 3. The van der Waals surface area contributed by atoms with Crippen molar-refractivity contribution in [3.05, 3.63) is 40.9 Å². The van der Waals surface area contributed by atoms with Gasteiger partial charge in [-0.1, -0.05) is 36.7 Å². The predicted molar refractivity (Wildman–Crippen MR) is 69.1 cm³/mol. The van der Waals surface area contributed by atoms with Crippen LogP contribution in [-0.4, -0.2) is 12.6 Å². The van der Waals surface area contributed by atoms with E-state index in [2.05, 4.69) is 0 Å². The third-order valence-electron chi connectivity index (χ3n) is 2.62. The van der Waals surface area contributed by atoms with Crippen LogP contribution in [0.3, 0.4) is 0 Å². The molecule has 0 fully saturated rings. The molecule has 0 aliphatic carbocycles. The number of carboxylic acid groups (broad SMARTS) is 1. The van der Waals surface area contributed by atoms with Crippen molar-refractivity contribution in [2.24, 2.45) is 0 Å². The molecule has 0 spiro atoms. The Labute approximate surface area is 110 Å². The van der Waals surface area contributed by atoms with E-state index >= 15 is 0 Å². The quantitative estimate of drug-likeness (QED) is 0.852. The molecule has 0 atom stereocenters. The Bertz CT molecular complexity index is 593. The number of hydrogen-bond donors (Lipinski definition) is 0. The molecule has 0 radical (unpaired) electrons. The van der Waals surface area contributed by atoms with Gasteiger partial charge in [0.25, 0.3) is 0 Å². The van der Waals surface area contributed by atoms with Crippen molar-refractivity contribution in [1.29, 1.82) is 0 Å². The van der Waals surface area contributed by atoms with Gasteiger partial charge >= 0.3 is 0 Å². The normalized spacial score (nSPS) is 10.6. The fourth-order valence-corrected chi connectivity index (χ4v) is 2.01. The van der Waals surface area contributed by atoms with Gasteiger partial charge in [-0.25, -0.2) is 0 Å². The second-order valence-electron chi connectivity index (χ2n) is 3.95. The van der Waals surface area contributed by atoms with Gasteiger partial charge in [0, 0.05) is 5.39 Å². The first-order valence-electron chi connectivity index (χ1n) is 5.70. The van der Waals surface area contributed by atoms with E-state index in [1.54, 1.807) is 24.3 Å². The second-order valence-corrected chi connectivity index (χ2v) is 4.33. The van der Waals surface area contributed by atoms with Crippen molar-refractivity contribution in [2.45, 2.75) is 13.3 Å². The Morgan fingerprint density at radius 2 is 2.11 bits per heavy atom. The highest BCUT2D eigenvalue weighted by atomic mass is 35.5. The van der Waals surface area contributed by atoms with Gasteiger partial charge in [-0.2, -0.15) is 0 Å². The number of carboxylic acids is 1. The number of carbonyl (C=O) groups is 1. The molecule has 0 saturated carbocycles. The van der Waals surface area contributed by atoms with Gasteiger partial charge in [0.15, 0.2) is 0 Å². The molecule has 0 aliphatic heterocycles. The molecule has 2 rings (SSSR count). The summed E-state index contributed by atoms with van der Waals surface area (Å²) in [7, 11) is 0. The average molecular weight is 264 g/mol. The minimum atomic E-state index is -1.20. The van der Waals surface area contributed by atoms with Gasteiger partial charge < -0.3 is 14.6 Å². The Morgan fingerprint density at radius 1 is 1.33 bits per heavy atom. The van der Waals surface area contributed by atoms with E-state index in [0.29, 0.717) is 17.4 Å². The summed E-state index contributed by atoms with van der Waals surface area (Å²) in [5.74, 6) is -0.577. The Kier molecular flexibility index (Phi) is 3.72. The average Bonchev–Trinajstić information content (AvgIpc) is 2.37. The first-order chi connectivity index (χ1) is 8.63. The number of fused-ring (bicyclic) bond motifs is 1. The summed E-state index contributed by atoms with van der Waals surface area (Å²) in [6.45, 7) is 2.61. The topological polar surface area (TPSA) is 49.4 Å². The van der Waals surface area contributed by atoms with Crippen LogP contribution < -0.4 is 9.84 Å². The van der Waals surface area contributed by atoms with Crippen molar-refractivity contribution in [3.63, 3.8) is 0 Å². The van der Waals surface area contributed by atoms with Gasteiger partial charge in [0.1, 0.15) is 5.75 Å². The van der Waals surface area contributed by atoms with Crippen LogP contribution >= 0.6 is 11.6 Å². The molecule has 0 aromatic heterocycles. The van der Waals surface area contributed by atoms with Crippen LogP contribution in [0.1, 0.15) is 23.7 Å². The molecule has 3 nitrogen and oxygen atoms in total. The zero-order chi connectivity index (χ0) is 13.1. The lowest BCUT2D eigenvalue weighted by Crippen LogP contribution is -2.21. The molecule has 0 bridgehead atoms. The summed E-state index contributed by atoms with van der Waals surface area (Å²) < 4.78 is 5.51. The number of aromatic carboxylic acids is 1. The lowest BCUT2D eigenvalue weighted by Gasteiger charge is -2.10. The highest BCUT2D eigenvalue weighted by molar-refractivity contribution is 6.37. The van der Waals surface area contributed by atoms with Gasteiger partial charge in [-0.3, -0.25) is 0 Å². The summed E-state index contributed by atoms with van der Waals surface area (Å²) in [6.07, 6.45) is 0.901. The monoisotopic (exact) mass is 263 g/mol. The van der Waals surface area contributed by atoms with Gasteiger partial charge in [-0.05, 0) is 29.5 Å². The number of rotatable bonds is 4. The van der Waals surface area contributed by atoms with Gasteiger partial charge in [-0.15, -0.1) is 0 Å². The van der Waals surface area contributed by atoms with Gasteiger partial charge in [0.05, 0.1) is 17.6 Å². The largest absolute Gasteiger partial charge is 0.545 e. The van der Waals surface area contributed by atoms with Crippen LogP contribution in [0, 0.1) is 0 Å². The minimum absolute atomic E-state index is 0.140. The lowest BCUT2D eigenvalue weighted by molar-refractivity contribution is -0.255. The Morgan fingerprint density at radius 3 is 2.78 bits per heavy atom. The Hall–Kier alpha value is -1.74. The summed E-state index contributed by atoms with van der Waals surface area (Å²) in [5.41, 5.74) is 0.140. The van der Waals surface area contributed by atoms with E-state index < -0.39 is 5.97 Å². The van der Waals surface area contributed by atoms with Crippen LogP contribution in [-0.2, 0) is 0 Å². The van der Waals surface area contributed by atoms with Crippen molar-refractivity contribution in [1.82, 2.24) is 0 Å². The lowest BCUT2D eigenvalue weighted by atomic mass is 10.1. The van der Waals surface area contributed by atoms with Crippen molar-refractivity contribution in [2.75, 3.05) is 6.61 Å². The van der Waals surface area contributed by atoms with Crippen LogP contribution in [0.2, 0.25) is 5.02 Å². The van der Waals surface area contributed by atoms with E-state index in [4.69, 9.17) is 16.3 Å². The standard InChI is InChI=1S/C14H13ClO3/c1-2-7-18-12-6-4-9-8-10(14(16)17)3-5-11(9)13(12)15/h3-6,8H,2,7H2,1H3,(H,16,17)/p-1. The highest BCUT2D eigenvalue weighted by Gasteiger charge is 2.07. The van der Waals surface area contributed by atoms with Crippen LogP contribution in [0.4, 0.5) is 0 Å². The number of benzene rings is 2. The highest BCUT2D eigenvalue weighted by Crippen LogP contribution is 2.33. The third-order valence-corrected chi connectivity index (χ3v) is 3.01. The van der Waals surface area contributed by atoms with Crippen molar-refractivity contribution >= 4 is 28.3 Å². The maximum Gasteiger partial charge on any atom is 0.138 e. The molecule has 0 N–H and O–H groups in total. The van der Waals surface area contributed by atoms with Crippen LogP contribution in [0.5, 0.6) is 5.75 Å². The smallest absolute Gasteiger partial charge is 0.138 e. The third kappa shape index (κ3) is 2.41. The fourth-order valence-electron chi connectivity index (χ4n) is 1.72. The van der Waals surface area contributed by atoms with Crippen molar-refractivity contribution < 1.29 is 14.6 Å². The Balaban J connectivity index is 2.48. The predicted octanol–water partition coefficient (Wildman–Crippen LogP) is 2.65. The number of halogens is 1. The molecular formula is C14H12ClO3-. The summed E-state index contributed by atoms with van der Waals surface area (Å²) in [6, 6.07) is 8.23. The fraction of sp³-hybridized carbons (Fsp3) is 0.214. The van der Waals surface area contributed by atoms with Gasteiger partial charge in [0.2, 0.25) is 0 Å². The van der Waals surface area contributed by atoms with E-state index in [-0.39, 0.29) is 5.56 Å². The summed E-state index contributed by atoms with van der Waals surface area (Å²) >= 11 is 6.22. The zero-order valence-corrected chi connectivity index (χ0v) is 10.7. The molecule has 0 unspecified atom stereocenters. The molecular weight excluding hydrogens is 252 g/mol. The van der Waals surface area contributed by atoms with Crippen molar-refractivity contribution in [3.8, 4) is 5.75 Å². The SMILES string of the molecule is CCCOc1ccc2cc(C(=O)[O-])ccc2c1Cl. The van der Waals surface area contributed by atoms with E-state index in [0.717, 1.165) is 17.2 Å². The number of ether oxygens (including phenoxy) is 1. The summed E-state index contributed by atoms with van der Waals surface area (Å²) in [4.78, 5) is 10.8. The first kappa shape index (κ1) is 12.7. The molecule has 94 valence electrons. The molecule has 0 amide bonds. The molecule has 2 aromatic rings. The molecule has 0 heterocycles. The van der Waals surface area contributed by atoms with E-state index in [1.165, 1.54) is 6.07 Å². The second kappa shape index (κ2) is 5.27. The minimum Gasteiger partial charge on any atom is -0.545 e. The van der Waals surface area contributed by atoms with Crippen LogP contribution in [0.25, 0.3) is 10.8 Å². The molecule has 2 aromatic carbocycles. The van der Waals surface area contributed by atoms with E-state index in [9.17, 15) is 9.90 Å². The maximum absolute atomic E-state index is 10.8. The molecule has 18 heavy (non-hydrogen) atoms. The zero-order valence-electron chi connectivity index (χ0n) is 9.90. The number of carbonyl (C=O) groups excluding carboxylic acids is 1. The first-order valence-corrected chi connectivity index (χ1v) is 6.07. The maximum atomic E-state index is 10.8. The molecule has 0 aliphatic rings.